The van der Waals surface area contributed by atoms with Crippen molar-refractivity contribution in [3.8, 4) is 0 Å². The fourth-order valence-corrected chi connectivity index (χ4v) is 3.93. The van der Waals surface area contributed by atoms with Crippen LogP contribution in [0.1, 0.15) is 0 Å². The van der Waals surface area contributed by atoms with Crippen LogP contribution in [0.4, 0.5) is 5.69 Å². The maximum Gasteiger partial charge on any atom is 0.418 e. The molecule has 0 saturated carbocycles. The topological polar surface area (TPSA) is 125 Å². The Hall–Kier alpha value is -1.32. The lowest BCUT2D eigenvalue weighted by Gasteiger charge is -2.14. The van der Waals surface area contributed by atoms with E-state index in [1.165, 1.54) is 0 Å². The third-order valence-electron chi connectivity index (χ3n) is 2.07. The number of hydrogen-bond donors (Lipinski definition) is 1. The fourth-order valence-electron chi connectivity index (χ4n) is 1.10. The molecule has 0 aromatic heterocycles. The van der Waals surface area contributed by atoms with Crippen LogP contribution in [0.25, 0.3) is 0 Å². The molecule has 0 aliphatic carbocycles. The molecule has 9 nitrogen and oxygen atoms in total. The second-order valence-electron chi connectivity index (χ2n) is 3.21. The van der Waals surface area contributed by atoms with Crippen LogP contribution in [0.2, 0.25) is 0 Å². The van der Waals surface area contributed by atoms with Gasteiger partial charge in [-0.05, 0) is 12.1 Å². The highest BCUT2D eigenvalue weighted by atomic mass is 32.2. The maximum absolute atomic E-state index is 11.8. The molecule has 11 heteroatoms. The summed E-state index contributed by atoms with van der Waals surface area (Å²) in [5.74, 6) is 0. The number of benzene rings is 1. The smallest absolute Gasteiger partial charge is 0.299 e. The highest BCUT2D eigenvalue weighted by Crippen LogP contribution is 2.43. The van der Waals surface area contributed by atoms with Crippen LogP contribution in [0.15, 0.2) is 29.2 Å². The number of nitro benzene ring substituents is 1. The number of nitro groups is 1. The Morgan fingerprint density at radius 2 is 1.68 bits per heavy atom. The van der Waals surface area contributed by atoms with Crippen LogP contribution in [-0.4, -0.2) is 27.6 Å². The highest BCUT2D eigenvalue weighted by Gasteiger charge is 2.30. The van der Waals surface area contributed by atoms with Gasteiger partial charge in [-0.3, -0.25) is 19.2 Å². The van der Waals surface area contributed by atoms with E-state index in [2.05, 4.69) is 9.05 Å². The third kappa shape index (κ3) is 3.82. The van der Waals surface area contributed by atoms with Crippen LogP contribution < -0.4 is 4.49 Å². The first-order valence-electron chi connectivity index (χ1n) is 4.74. The van der Waals surface area contributed by atoms with Crippen molar-refractivity contribution in [3.05, 3.63) is 34.4 Å². The lowest BCUT2D eigenvalue weighted by atomic mass is 10.3. The molecule has 0 atom stereocenters. The highest BCUT2D eigenvalue weighted by molar-refractivity contribution is 7.94. The molecular weight excluding hydrogens is 299 g/mol. The molecule has 0 amide bonds. The molecule has 19 heavy (non-hydrogen) atoms. The average molecular weight is 310 g/mol. The minimum Gasteiger partial charge on any atom is -0.299 e. The normalized spacial score (nSPS) is 12.3. The zero-order valence-corrected chi connectivity index (χ0v) is 11.7. The zero-order valence-electron chi connectivity index (χ0n) is 9.97. The summed E-state index contributed by atoms with van der Waals surface area (Å²) in [6.45, 7) is 0. The predicted molar refractivity (Wildman–Crippen MR) is 65.0 cm³/mol. The van der Waals surface area contributed by atoms with Crippen molar-refractivity contribution < 1.29 is 27.0 Å². The Balaban J connectivity index is 3.07. The van der Waals surface area contributed by atoms with Crippen molar-refractivity contribution >= 4 is 23.5 Å². The monoisotopic (exact) mass is 310 g/mol. The molecule has 1 N–H and O–H groups in total. The molecule has 1 aromatic rings. The molecule has 0 bridgehead atoms. The van der Waals surface area contributed by atoms with Gasteiger partial charge in [-0.1, -0.05) is 0 Å². The number of hydrogen-bond acceptors (Lipinski definition) is 7. The van der Waals surface area contributed by atoms with Crippen LogP contribution in [0.5, 0.6) is 0 Å². The van der Waals surface area contributed by atoms with E-state index < -0.39 is 22.7 Å². The van der Waals surface area contributed by atoms with Crippen molar-refractivity contribution in [1.82, 2.24) is 4.49 Å². The number of sulfonamides is 1. The van der Waals surface area contributed by atoms with E-state index in [-0.39, 0.29) is 10.6 Å². The van der Waals surface area contributed by atoms with Gasteiger partial charge in [0.25, 0.3) is 5.69 Å². The van der Waals surface area contributed by atoms with Gasteiger partial charge in [-0.25, -0.2) is 13.0 Å². The van der Waals surface area contributed by atoms with Crippen molar-refractivity contribution in [3.63, 3.8) is 0 Å². The molecule has 1 rings (SSSR count). The fraction of sp³-hybridized carbons (Fsp3) is 0.250. The summed E-state index contributed by atoms with van der Waals surface area (Å²) in [5, 5.41) is 10.4. The molecule has 0 radical (unpaired) electrons. The first-order chi connectivity index (χ1) is 8.74. The van der Waals surface area contributed by atoms with Gasteiger partial charge in [0.05, 0.1) is 9.82 Å². The standard InChI is InChI=1S/C8H11N2O7PS/c1-16-18(13,17-2)9-19(14,15)8-5-3-7(4-6-8)10(11)12/h3-6H,1-2H3,(H,9,13). The van der Waals surface area contributed by atoms with Crippen molar-refractivity contribution in [2.45, 2.75) is 4.90 Å². The van der Waals surface area contributed by atoms with E-state index in [0.29, 0.717) is 0 Å². The minimum atomic E-state index is -4.17. The summed E-state index contributed by atoms with van der Waals surface area (Å²) in [7, 11) is -6.11. The lowest BCUT2D eigenvalue weighted by Crippen LogP contribution is -2.22. The average Bonchev–Trinajstić information content (AvgIpc) is 2.38. The third-order valence-corrected chi connectivity index (χ3v) is 5.78. The zero-order chi connectivity index (χ0) is 14.7. The summed E-state index contributed by atoms with van der Waals surface area (Å²) in [6, 6.07) is 4.05. The van der Waals surface area contributed by atoms with Gasteiger partial charge in [-0.2, -0.15) is 0 Å². The maximum atomic E-state index is 11.8. The number of rotatable bonds is 6. The Bertz CT molecular complexity index is 604. The first-order valence-corrected chi connectivity index (χ1v) is 7.77. The van der Waals surface area contributed by atoms with E-state index in [9.17, 15) is 23.1 Å². The largest absolute Gasteiger partial charge is 0.418 e. The van der Waals surface area contributed by atoms with Gasteiger partial charge in [0.2, 0.25) is 10.0 Å². The molecule has 0 saturated heterocycles. The molecular formula is C8H11N2O7PS. The van der Waals surface area contributed by atoms with Gasteiger partial charge in [0.1, 0.15) is 0 Å². The van der Waals surface area contributed by atoms with Gasteiger partial charge in [-0.15, -0.1) is 4.49 Å². The summed E-state index contributed by atoms with van der Waals surface area (Å²) in [5.41, 5.74) is -0.263. The Morgan fingerprint density at radius 3 is 2.05 bits per heavy atom. The van der Waals surface area contributed by atoms with E-state index >= 15 is 0 Å². The Morgan fingerprint density at radius 1 is 1.21 bits per heavy atom. The number of nitrogens with one attached hydrogen (secondary N) is 1. The Kier molecular flexibility index (Phi) is 4.77. The van der Waals surface area contributed by atoms with Crippen LogP contribution in [0, 0.1) is 10.1 Å². The SMILES string of the molecule is COP(=O)(NS(=O)(=O)c1ccc([N+](=O)[O-])cc1)OC. The summed E-state index contributed by atoms with van der Waals surface area (Å²) in [6.07, 6.45) is 0. The molecule has 1 aromatic carbocycles. The molecule has 0 heterocycles. The first kappa shape index (κ1) is 15.7. The van der Waals surface area contributed by atoms with E-state index in [0.717, 1.165) is 38.5 Å². The van der Waals surface area contributed by atoms with Crippen molar-refractivity contribution in [2.24, 2.45) is 0 Å². The molecule has 106 valence electrons. The molecule has 0 unspecified atom stereocenters. The van der Waals surface area contributed by atoms with Crippen molar-refractivity contribution in [1.29, 1.82) is 0 Å². The molecule has 0 fully saturated rings. The van der Waals surface area contributed by atoms with Crippen molar-refractivity contribution in [2.75, 3.05) is 14.2 Å². The second kappa shape index (κ2) is 5.76. The summed E-state index contributed by atoms with van der Waals surface area (Å²) < 4.78 is 46.0. The molecule has 0 aliphatic heterocycles. The number of nitrogens with zero attached hydrogens (tertiary/aromatic N) is 1. The van der Waals surface area contributed by atoms with E-state index in [4.69, 9.17) is 0 Å². The predicted octanol–water partition coefficient (Wildman–Crippen LogP) is 1.27. The van der Waals surface area contributed by atoms with E-state index in [1.807, 2.05) is 0 Å². The van der Waals surface area contributed by atoms with Crippen LogP contribution in [0.3, 0.4) is 0 Å². The van der Waals surface area contributed by atoms with Gasteiger partial charge in [0, 0.05) is 26.4 Å². The summed E-state index contributed by atoms with van der Waals surface area (Å²) in [4.78, 5) is 9.47. The van der Waals surface area contributed by atoms with Gasteiger partial charge < -0.3 is 0 Å². The van der Waals surface area contributed by atoms with Crippen LogP contribution >= 0.6 is 7.75 Å². The quantitative estimate of drug-likeness (QED) is 0.476. The second-order valence-corrected chi connectivity index (χ2v) is 7.14. The summed E-state index contributed by atoms with van der Waals surface area (Å²) >= 11 is 0. The van der Waals surface area contributed by atoms with E-state index in [1.54, 1.807) is 4.49 Å². The lowest BCUT2D eigenvalue weighted by molar-refractivity contribution is -0.384. The minimum absolute atomic E-state index is 0.263. The van der Waals surface area contributed by atoms with Gasteiger partial charge >= 0.3 is 7.75 Å². The van der Waals surface area contributed by atoms with Gasteiger partial charge in [0.15, 0.2) is 0 Å². The molecule has 0 spiro atoms. The van der Waals surface area contributed by atoms with Crippen LogP contribution in [-0.2, 0) is 23.6 Å². The number of non-ortho nitro benzene ring substituents is 1. The molecule has 0 aliphatic rings. The Labute approximate surface area is 109 Å².